The summed E-state index contributed by atoms with van der Waals surface area (Å²) in [6.45, 7) is 3.72. The van der Waals surface area contributed by atoms with Crippen molar-refractivity contribution in [2.75, 3.05) is 33.2 Å². The molecule has 5 heteroatoms. The number of rotatable bonds is 7. The number of hydrogen-bond donors (Lipinski definition) is 3. The fourth-order valence-corrected chi connectivity index (χ4v) is 2.11. The van der Waals surface area contributed by atoms with E-state index in [-0.39, 0.29) is 6.42 Å². The van der Waals surface area contributed by atoms with Gasteiger partial charge in [0.1, 0.15) is 0 Å². The van der Waals surface area contributed by atoms with Crippen molar-refractivity contribution in [2.45, 2.75) is 31.8 Å². The summed E-state index contributed by atoms with van der Waals surface area (Å²) in [6.07, 6.45) is 2.23. The first-order valence-corrected chi connectivity index (χ1v) is 6.37. The molecule has 0 aromatic carbocycles. The highest BCUT2D eigenvalue weighted by atomic mass is 16.4. The van der Waals surface area contributed by atoms with Gasteiger partial charge in [-0.2, -0.15) is 0 Å². The fourth-order valence-electron chi connectivity index (χ4n) is 2.11. The van der Waals surface area contributed by atoms with Gasteiger partial charge in [0.05, 0.1) is 6.10 Å². The van der Waals surface area contributed by atoms with Crippen molar-refractivity contribution in [3.63, 3.8) is 0 Å². The molecule has 1 atom stereocenters. The number of nitrogens with zero attached hydrogens (tertiary/aromatic N) is 1. The molecule has 17 heavy (non-hydrogen) atoms. The van der Waals surface area contributed by atoms with E-state index in [1.165, 1.54) is 12.8 Å². The Balaban J connectivity index is 2.01. The number of nitrogens with one attached hydrogen (secondary N) is 1. The van der Waals surface area contributed by atoms with Crippen LogP contribution < -0.4 is 5.32 Å². The number of likely N-dealkylation sites (tertiary alicyclic amines) is 1. The number of aliphatic carboxylic acids is 1. The summed E-state index contributed by atoms with van der Waals surface area (Å²) >= 11 is 0. The number of aliphatic hydroxyl groups is 1. The van der Waals surface area contributed by atoms with Gasteiger partial charge in [0.2, 0.25) is 0 Å². The van der Waals surface area contributed by atoms with Gasteiger partial charge < -0.3 is 20.4 Å². The summed E-state index contributed by atoms with van der Waals surface area (Å²) in [5, 5.41) is 21.2. The third-order valence-corrected chi connectivity index (χ3v) is 3.34. The van der Waals surface area contributed by atoms with E-state index in [0.717, 1.165) is 19.6 Å². The third kappa shape index (κ3) is 6.61. The van der Waals surface area contributed by atoms with Gasteiger partial charge in [-0.25, -0.2) is 0 Å². The Hall–Kier alpha value is -0.650. The summed E-state index contributed by atoms with van der Waals surface area (Å²) in [5.74, 6) is -0.155. The van der Waals surface area contributed by atoms with E-state index in [2.05, 4.69) is 17.3 Å². The van der Waals surface area contributed by atoms with Crippen molar-refractivity contribution in [2.24, 2.45) is 5.92 Å². The van der Waals surface area contributed by atoms with Crippen LogP contribution in [0.1, 0.15) is 25.7 Å². The molecule has 3 N–H and O–H groups in total. The second-order valence-corrected chi connectivity index (χ2v) is 4.99. The maximum absolute atomic E-state index is 10.3. The molecule has 0 aromatic heterocycles. The Kier molecular flexibility index (Phi) is 6.47. The van der Waals surface area contributed by atoms with E-state index in [0.29, 0.717) is 18.9 Å². The molecule has 0 aromatic rings. The maximum Gasteiger partial charge on any atom is 0.303 e. The molecule has 1 rings (SSSR count). The van der Waals surface area contributed by atoms with Gasteiger partial charge in [0.25, 0.3) is 0 Å². The van der Waals surface area contributed by atoms with Crippen LogP contribution in [0.2, 0.25) is 0 Å². The van der Waals surface area contributed by atoms with Crippen LogP contribution in [-0.2, 0) is 4.79 Å². The van der Waals surface area contributed by atoms with E-state index < -0.39 is 12.1 Å². The second kappa shape index (κ2) is 7.63. The highest BCUT2D eigenvalue weighted by Crippen LogP contribution is 2.14. The van der Waals surface area contributed by atoms with Crippen LogP contribution in [0.5, 0.6) is 0 Å². The van der Waals surface area contributed by atoms with Crippen LogP contribution in [0.15, 0.2) is 0 Å². The molecule has 100 valence electrons. The minimum atomic E-state index is -0.848. The lowest BCUT2D eigenvalue weighted by Gasteiger charge is -2.29. The average molecular weight is 244 g/mol. The van der Waals surface area contributed by atoms with Gasteiger partial charge in [0.15, 0.2) is 0 Å². The number of hydrogen-bond acceptors (Lipinski definition) is 4. The number of piperidine rings is 1. The van der Waals surface area contributed by atoms with Crippen LogP contribution >= 0.6 is 0 Å². The van der Waals surface area contributed by atoms with Crippen molar-refractivity contribution >= 4 is 5.97 Å². The van der Waals surface area contributed by atoms with Gasteiger partial charge in [-0.05, 0) is 51.9 Å². The molecule has 1 saturated heterocycles. The van der Waals surface area contributed by atoms with Crippen LogP contribution in [-0.4, -0.2) is 60.4 Å². The quantitative estimate of drug-likeness (QED) is 0.594. The van der Waals surface area contributed by atoms with Gasteiger partial charge in [-0.3, -0.25) is 4.79 Å². The zero-order valence-electron chi connectivity index (χ0n) is 10.6. The van der Waals surface area contributed by atoms with E-state index >= 15 is 0 Å². The molecule has 0 amide bonds. The predicted molar refractivity (Wildman–Crippen MR) is 66.0 cm³/mol. The van der Waals surface area contributed by atoms with E-state index in [9.17, 15) is 9.90 Å². The summed E-state index contributed by atoms with van der Waals surface area (Å²) in [4.78, 5) is 12.7. The Labute approximate surface area is 103 Å². The highest BCUT2D eigenvalue weighted by molar-refractivity contribution is 5.66. The molecular weight excluding hydrogens is 220 g/mol. The van der Waals surface area contributed by atoms with Crippen LogP contribution in [0.4, 0.5) is 0 Å². The van der Waals surface area contributed by atoms with Gasteiger partial charge in [0, 0.05) is 13.0 Å². The first-order valence-electron chi connectivity index (χ1n) is 6.37. The lowest BCUT2D eigenvalue weighted by atomic mass is 9.97. The Morgan fingerprint density at radius 1 is 1.47 bits per heavy atom. The third-order valence-electron chi connectivity index (χ3n) is 3.34. The standard InChI is InChI=1S/C12H24N2O3/c1-14-6-4-10(5-7-14)8-13-9-11(15)2-3-12(16)17/h10-11,13,15H,2-9H2,1H3,(H,16,17). The van der Waals surface area contributed by atoms with Gasteiger partial charge in [-0.15, -0.1) is 0 Å². The summed E-state index contributed by atoms with van der Waals surface area (Å²) in [6, 6.07) is 0. The number of carbonyl (C=O) groups is 1. The van der Waals surface area contributed by atoms with E-state index in [1.807, 2.05) is 0 Å². The maximum atomic E-state index is 10.3. The van der Waals surface area contributed by atoms with Crippen molar-refractivity contribution in [3.05, 3.63) is 0 Å². The molecule has 0 saturated carbocycles. The molecule has 0 aliphatic carbocycles. The Bertz CT molecular complexity index is 228. The first kappa shape index (κ1) is 14.4. The monoisotopic (exact) mass is 244 g/mol. The molecular formula is C12H24N2O3. The van der Waals surface area contributed by atoms with Gasteiger partial charge in [-0.1, -0.05) is 0 Å². The van der Waals surface area contributed by atoms with E-state index in [4.69, 9.17) is 5.11 Å². The molecule has 1 unspecified atom stereocenters. The van der Waals surface area contributed by atoms with Crippen molar-refractivity contribution in [1.82, 2.24) is 10.2 Å². The summed E-state index contributed by atoms with van der Waals surface area (Å²) in [5.41, 5.74) is 0. The molecule has 0 bridgehead atoms. The zero-order chi connectivity index (χ0) is 12.7. The summed E-state index contributed by atoms with van der Waals surface area (Å²) in [7, 11) is 2.14. The molecule has 1 aliphatic heterocycles. The summed E-state index contributed by atoms with van der Waals surface area (Å²) < 4.78 is 0. The largest absolute Gasteiger partial charge is 0.481 e. The minimum absolute atomic E-state index is 0.0388. The highest BCUT2D eigenvalue weighted by Gasteiger charge is 2.16. The van der Waals surface area contributed by atoms with Crippen molar-refractivity contribution in [1.29, 1.82) is 0 Å². The minimum Gasteiger partial charge on any atom is -0.481 e. The molecule has 1 fully saturated rings. The first-order chi connectivity index (χ1) is 8.08. The smallest absolute Gasteiger partial charge is 0.303 e. The van der Waals surface area contributed by atoms with Crippen LogP contribution in [0.3, 0.4) is 0 Å². The lowest BCUT2D eigenvalue weighted by Crippen LogP contribution is -2.37. The molecule has 1 aliphatic rings. The fraction of sp³-hybridized carbons (Fsp3) is 0.917. The van der Waals surface area contributed by atoms with Crippen molar-refractivity contribution in [3.8, 4) is 0 Å². The number of aliphatic hydroxyl groups excluding tert-OH is 1. The topological polar surface area (TPSA) is 72.8 Å². The zero-order valence-corrected chi connectivity index (χ0v) is 10.6. The van der Waals surface area contributed by atoms with E-state index in [1.54, 1.807) is 0 Å². The van der Waals surface area contributed by atoms with Crippen LogP contribution in [0.25, 0.3) is 0 Å². The molecule has 0 spiro atoms. The predicted octanol–water partition coefficient (Wildman–Crippen LogP) is 0.143. The van der Waals surface area contributed by atoms with Crippen LogP contribution in [0, 0.1) is 5.92 Å². The molecule has 1 heterocycles. The second-order valence-electron chi connectivity index (χ2n) is 4.99. The lowest BCUT2D eigenvalue weighted by molar-refractivity contribution is -0.137. The molecule has 0 radical (unpaired) electrons. The average Bonchev–Trinajstić information content (AvgIpc) is 2.29. The molecule has 5 nitrogen and oxygen atoms in total. The van der Waals surface area contributed by atoms with Gasteiger partial charge >= 0.3 is 5.97 Å². The normalized spacial score (nSPS) is 20.4. The van der Waals surface area contributed by atoms with Crippen molar-refractivity contribution < 1.29 is 15.0 Å². The Morgan fingerprint density at radius 3 is 2.71 bits per heavy atom. The Morgan fingerprint density at radius 2 is 2.12 bits per heavy atom. The SMILES string of the molecule is CN1CCC(CNCC(O)CCC(=O)O)CC1. The number of carboxylic acids is 1. The number of carboxylic acid groups (broad SMARTS) is 1.